The number of carbonyl (C=O) groups excluding carboxylic acids is 1. The molecule has 1 aromatic heterocycles. The first-order valence-electron chi connectivity index (χ1n) is 5.70. The lowest BCUT2D eigenvalue weighted by Crippen LogP contribution is -2.01. The van der Waals surface area contributed by atoms with Crippen LogP contribution in [0.5, 0.6) is 5.75 Å². The van der Waals surface area contributed by atoms with Crippen LogP contribution in [0.25, 0.3) is 0 Å². The Bertz CT molecular complexity index is 590. The number of aromatic nitrogens is 2. The number of carbonyl (C=O) groups is 1. The zero-order chi connectivity index (χ0) is 13.7. The van der Waals surface area contributed by atoms with Crippen LogP contribution in [0.4, 0.5) is 11.5 Å². The Morgan fingerprint density at radius 1 is 1.42 bits per heavy atom. The van der Waals surface area contributed by atoms with Crippen LogP contribution in [0, 0.1) is 0 Å². The Morgan fingerprint density at radius 3 is 3.00 bits per heavy atom. The molecule has 0 atom stereocenters. The number of benzene rings is 1. The zero-order valence-electron chi connectivity index (χ0n) is 10.3. The van der Waals surface area contributed by atoms with Crippen molar-refractivity contribution in [3.63, 3.8) is 0 Å². The fraction of sp³-hybridized carbons (Fsp3) is 0.154. The van der Waals surface area contributed by atoms with Gasteiger partial charge in [-0.15, -0.1) is 0 Å². The Balaban J connectivity index is 2.28. The van der Waals surface area contributed by atoms with Gasteiger partial charge in [-0.05, 0) is 19.1 Å². The van der Waals surface area contributed by atoms with E-state index in [1.165, 1.54) is 6.33 Å². The molecule has 0 bridgehead atoms. The summed E-state index contributed by atoms with van der Waals surface area (Å²) in [5.74, 6) is 1.10. The van der Waals surface area contributed by atoms with Crippen molar-refractivity contribution in [1.82, 2.24) is 9.97 Å². The van der Waals surface area contributed by atoms with E-state index >= 15 is 0 Å². The molecule has 0 fully saturated rings. The van der Waals surface area contributed by atoms with E-state index in [0.29, 0.717) is 18.7 Å². The average molecular weight is 278 g/mol. The molecule has 0 aliphatic heterocycles. The van der Waals surface area contributed by atoms with E-state index in [2.05, 4.69) is 15.3 Å². The maximum atomic E-state index is 11.0. The van der Waals surface area contributed by atoms with Crippen LogP contribution in [0.2, 0.25) is 5.15 Å². The molecule has 5 nitrogen and oxygen atoms in total. The molecule has 6 heteroatoms. The minimum absolute atomic E-state index is 0.119. The number of anilines is 2. The fourth-order valence-electron chi connectivity index (χ4n) is 1.55. The number of rotatable bonds is 5. The van der Waals surface area contributed by atoms with Crippen LogP contribution < -0.4 is 10.1 Å². The summed E-state index contributed by atoms with van der Waals surface area (Å²) in [6, 6.07) is 7.35. The number of hydrogen-bond acceptors (Lipinski definition) is 5. The highest BCUT2D eigenvalue weighted by molar-refractivity contribution is 6.32. The fourth-order valence-corrected chi connectivity index (χ4v) is 1.72. The molecule has 19 heavy (non-hydrogen) atoms. The molecule has 0 unspecified atom stereocenters. The summed E-state index contributed by atoms with van der Waals surface area (Å²) in [4.78, 5) is 18.7. The molecule has 1 N–H and O–H groups in total. The summed E-state index contributed by atoms with van der Waals surface area (Å²) in [5.41, 5.74) is 0.981. The van der Waals surface area contributed by atoms with E-state index in [-0.39, 0.29) is 10.7 Å². The van der Waals surface area contributed by atoms with Crippen molar-refractivity contribution in [3.8, 4) is 5.75 Å². The predicted octanol–water partition coefficient (Wildman–Crippen LogP) is 3.08. The smallest absolute Gasteiger partial charge is 0.156 e. The molecule has 0 aliphatic carbocycles. The topological polar surface area (TPSA) is 64.1 Å². The normalized spacial score (nSPS) is 10.0. The van der Waals surface area contributed by atoms with Crippen molar-refractivity contribution in [2.24, 2.45) is 0 Å². The minimum atomic E-state index is 0.119. The second-order valence-corrected chi connectivity index (χ2v) is 3.99. The second-order valence-electron chi connectivity index (χ2n) is 3.63. The molecule has 2 rings (SSSR count). The average Bonchev–Trinajstić information content (AvgIpc) is 2.40. The Labute approximate surface area is 115 Å². The Kier molecular flexibility index (Phi) is 4.30. The standard InChI is InChI=1S/C13H12ClN3O2/c1-2-19-10-5-3-4-9(6-10)17-13-11(7-18)12(14)15-8-16-13/h3-8H,2H2,1H3,(H,15,16,17). The first-order valence-corrected chi connectivity index (χ1v) is 6.08. The first-order chi connectivity index (χ1) is 9.24. The van der Waals surface area contributed by atoms with Gasteiger partial charge in [0.05, 0.1) is 12.2 Å². The zero-order valence-corrected chi connectivity index (χ0v) is 11.0. The first kappa shape index (κ1) is 13.3. The van der Waals surface area contributed by atoms with Crippen LogP contribution in [-0.4, -0.2) is 22.9 Å². The molecule has 0 aliphatic rings. The minimum Gasteiger partial charge on any atom is -0.494 e. The third-order valence-corrected chi connectivity index (χ3v) is 2.66. The number of nitrogens with zero attached hydrogens (tertiary/aromatic N) is 2. The van der Waals surface area contributed by atoms with E-state index < -0.39 is 0 Å². The molecular weight excluding hydrogens is 266 g/mol. The van der Waals surface area contributed by atoms with Gasteiger partial charge in [0, 0.05) is 11.8 Å². The summed E-state index contributed by atoms with van der Waals surface area (Å²) in [6.07, 6.45) is 1.92. The largest absolute Gasteiger partial charge is 0.494 e. The van der Waals surface area contributed by atoms with Gasteiger partial charge >= 0.3 is 0 Å². The lowest BCUT2D eigenvalue weighted by Gasteiger charge is -2.09. The molecule has 0 spiro atoms. The van der Waals surface area contributed by atoms with Crippen molar-refractivity contribution in [1.29, 1.82) is 0 Å². The number of hydrogen-bond donors (Lipinski definition) is 1. The van der Waals surface area contributed by atoms with Gasteiger partial charge in [0.15, 0.2) is 6.29 Å². The highest BCUT2D eigenvalue weighted by atomic mass is 35.5. The van der Waals surface area contributed by atoms with Gasteiger partial charge in [0.25, 0.3) is 0 Å². The Hall–Kier alpha value is -2.14. The molecule has 1 aromatic carbocycles. The van der Waals surface area contributed by atoms with E-state index in [1.807, 2.05) is 31.2 Å². The second kappa shape index (κ2) is 6.15. The van der Waals surface area contributed by atoms with Crippen LogP contribution in [0.1, 0.15) is 17.3 Å². The Morgan fingerprint density at radius 2 is 2.26 bits per heavy atom. The van der Waals surface area contributed by atoms with Crippen molar-refractivity contribution in [2.45, 2.75) is 6.92 Å². The maximum absolute atomic E-state index is 11.0. The highest BCUT2D eigenvalue weighted by Crippen LogP contribution is 2.24. The van der Waals surface area contributed by atoms with Crippen LogP contribution in [0.15, 0.2) is 30.6 Å². The molecule has 0 radical (unpaired) electrons. The lowest BCUT2D eigenvalue weighted by molar-refractivity contribution is 0.112. The van der Waals surface area contributed by atoms with Crippen molar-refractivity contribution in [2.75, 3.05) is 11.9 Å². The van der Waals surface area contributed by atoms with Gasteiger partial charge in [-0.3, -0.25) is 4.79 Å². The monoisotopic (exact) mass is 277 g/mol. The van der Waals surface area contributed by atoms with Crippen LogP contribution in [0.3, 0.4) is 0 Å². The van der Waals surface area contributed by atoms with E-state index in [0.717, 1.165) is 11.4 Å². The van der Waals surface area contributed by atoms with Gasteiger partial charge in [0.1, 0.15) is 23.0 Å². The maximum Gasteiger partial charge on any atom is 0.156 e. The summed E-state index contributed by atoms with van der Waals surface area (Å²) < 4.78 is 5.40. The number of nitrogens with one attached hydrogen (secondary N) is 1. The molecule has 98 valence electrons. The van der Waals surface area contributed by atoms with Gasteiger partial charge < -0.3 is 10.1 Å². The summed E-state index contributed by atoms with van der Waals surface area (Å²) in [6.45, 7) is 2.50. The van der Waals surface area contributed by atoms with E-state index in [4.69, 9.17) is 16.3 Å². The number of halogens is 1. The number of aldehydes is 1. The van der Waals surface area contributed by atoms with Crippen molar-refractivity contribution >= 4 is 29.4 Å². The van der Waals surface area contributed by atoms with E-state index in [1.54, 1.807) is 0 Å². The molecule has 0 saturated carbocycles. The van der Waals surface area contributed by atoms with Gasteiger partial charge in [-0.2, -0.15) is 0 Å². The van der Waals surface area contributed by atoms with Crippen LogP contribution in [-0.2, 0) is 0 Å². The van der Waals surface area contributed by atoms with Gasteiger partial charge in [-0.25, -0.2) is 9.97 Å². The lowest BCUT2D eigenvalue weighted by atomic mass is 10.2. The van der Waals surface area contributed by atoms with Crippen LogP contribution >= 0.6 is 11.6 Å². The third-order valence-electron chi connectivity index (χ3n) is 2.36. The van der Waals surface area contributed by atoms with Gasteiger partial charge in [-0.1, -0.05) is 17.7 Å². The molecule has 1 heterocycles. The molecule has 2 aromatic rings. The third kappa shape index (κ3) is 3.20. The quantitative estimate of drug-likeness (QED) is 0.672. The predicted molar refractivity (Wildman–Crippen MR) is 73.3 cm³/mol. The summed E-state index contributed by atoms with van der Waals surface area (Å²) >= 11 is 5.83. The number of ether oxygens (including phenoxy) is 1. The molecule has 0 saturated heterocycles. The summed E-state index contributed by atoms with van der Waals surface area (Å²) in [7, 11) is 0. The molecular formula is C13H12ClN3O2. The van der Waals surface area contributed by atoms with Gasteiger partial charge in [0.2, 0.25) is 0 Å². The highest BCUT2D eigenvalue weighted by Gasteiger charge is 2.09. The SMILES string of the molecule is CCOc1cccc(Nc2ncnc(Cl)c2C=O)c1. The van der Waals surface area contributed by atoms with E-state index in [9.17, 15) is 4.79 Å². The van der Waals surface area contributed by atoms with Crippen molar-refractivity contribution < 1.29 is 9.53 Å². The molecule has 0 amide bonds. The summed E-state index contributed by atoms with van der Waals surface area (Å²) in [5, 5.41) is 3.14. The van der Waals surface area contributed by atoms with Crippen molar-refractivity contribution in [3.05, 3.63) is 41.3 Å².